The zero-order valence-electron chi connectivity index (χ0n) is 17.5. The number of fused-ring (bicyclic) bond motifs is 1. The molecule has 3 aromatic carbocycles. The molecule has 0 saturated heterocycles. The van der Waals surface area contributed by atoms with Crippen LogP contribution in [-0.2, 0) is 16.4 Å². The van der Waals surface area contributed by atoms with Crippen molar-refractivity contribution in [2.45, 2.75) is 23.4 Å². The molecule has 0 atom stereocenters. The minimum absolute atomic E-state index is 0.00602. The topological polar surface area (TPSA) is 90.7 Å². The van der Waals surface area contributed by atoms with Gasteiger partial charge in [-0.25, -0.2) is 12.8 Å². The summed E-state index contributed by atoms with van der Waals surface area (Å²) >= 11 is 0. The Hall–Kier alpha value is -3.85. The number of hydrogen-bond donors (Lipinski definition) is 1. The average molecular weight is 466 g/mol. The van der Waals surface area contributed by atoms with E-state index in [0.29, 0.717) is 17.1 Å². The van der Waals surface area contributed by atoms with E-state index in [1.807, 2.05) is 31.2 Å². The lowest BCUT2D eigenvalue weighted by atomic mass is 10.1. The van der Waals surface area contributed by atoms with Gasteiger partial charge in [-0.05, 0) is 61.0 Å². The second-order valence-corrected chi connectivity index (χ2v) is 9.39. The van der Waals surface area contributed by atoms with Crippen molar-refractivity contribution >= 4 is 15.7 Å². The van der Waals surface area contributed by atoms with E-state index >= 15 is 0 Å². The van der Waals surface area contributed by atoms with E-state index in [2.05, 4.69) is 10.3 Å². The first-order valence-corrected chi connectivity index (χ1v) is 11.6. The van der Waals surface area contributed by atoms with Crippen molar-refractivity contribution in [2.24, 2.45) is 0 Å². The summed E-state index contributed by atoms with van der Waals surface area (Å²) < 4.78 is 56.6. The molecule has 1 N–H and O–H groups in total. The van der Waals surface area contributed by atoms with Crippen LogP contribution in [0.3, 0.4) is 0 Å². The van der Waals surface area contributed by atoms with Crippen molar-refractivity contribution in [1.82, 2.24) is 4.98 Å². The minimum atomic E-state index is -4.08. The Labute approximate surface area is 189 Å². The Balaban J connectivity index is 1.53. The Kier molecular flexibility index (Phi) is 5.26. The SMILES string of the molecule is Cc1cccc(-c2nc(S(=O)(=O)c3ccc(F)cc3)c(NCc3ccc4c(c3)OCO4)o2)c1. The molecule has 0 aliphatic carbocycles. The zero-order chi connectivity index (χ0) is 23.0. The maximum Gasteiger partial charge on any atom is 0.234 e. The molecule has 1 aliphatic heterocycles. The van der Waals surface area contributed by atoms with Crippen LogP contribution in [0.25, 0.3) is 11.5 Å². The highest BCUT2D eigenvalue weighted by atomic mass is 32.2. The Morgan fingerprint density at radius 2 is 1.79 bits per heavy atom. The summed E-state index contributed by atoms with van der Waals surface area (Å²) in [6.45, 7) is 2.33. The molecule has 0 radical (unpaired) electrons. The fourth-order valence-corrected chi connectivity index (χ4v) is 4.74. The largest absolute Gasteiger partial charge is 0.454 e. The molecule has 4 aromatic rings. The summed E-state index contributed by atoms with van der Waals surface area (Å²) in [5.41, 5.74) is 2.45. The molecule has 33 heavy (non-hydrogen) atoms. The smallest absolute Gasteiger partial charge is 0.234 e. The van der Waals surface area contributed by atoms with E-state index in [9.17, 15) is 12.8 Å². The number of sulfone groups is 1. The summed E-state index contributed by atoms with van der Waals surface area (Å²) in [6.07, 6.45) is 0. The third kappa shape index (κ3) is 4.14. The van der Waals surface area contributed by atoms with E-state index < -0.39 is 15.7 Å². The second-order valence-electron chi connectivity index (χ2n) is 7.52. The van der Waals surface area contributed by atoms with Gasteiger partial charge in [0.2, 0.25) is 33.4 Å². The highest BCUT2D eigenvalue weighted by molar-refractivity contribution is 7.91. The fourth-order valence-electron chi connectivity index (χ4n) is 3.46. The third-order valence-electron chi connectivity index (χ3n) is 5.13. The summed E-state index contributed by atoms with van der Waals surface area (Å²) in [6, 6.07) is 17.4. The molecule has 0 saturated carbocycles. The van der Waals surface area contributed by atoms with Crippen LogP contribution < -0.4 is 14.8 Å². The summed E-state index contributed by atoms with van der Waals surface area (Å²) in [7, 11) is -4.08. The van der Waals surface area contributed by atoms with E-state index in [4.69, 9.17) is 13.9 Å². The number of rotatable bonds is 6. The molecule has 0 fully saturated rings. The molecule has 1 aromatic heterocycles. The molecule has 1 aliphatic rings. The van der Waals surface area contributed by atoms with Crippen molar-refractivity contribution < 1.29 is 26.7 Å². The monoisotopic (exact) mass is 466 g/mol. The van der Waals surface area contributed by atoms with Gasteiger partial charge >= 0.3 is 0 Å². The van der Waals surface area contributed by atoms with Crippen molar-refractivity contribution in [1.29, 1.82) is 0 Å². The van der Waals surface area contributed by atoms with Crippen molar-refractivity contribution in [3.05, 3.63) is 83.7 Å². The molecule has 0 bridgehead atoms. The van der Waals surface area contributed by atoms with Crippen LogP contribution in [0.15, 0.2) is 81.1 Å². The highest BCUT2D eigenvalue weighted by Gasteiger charge is 2.29. The molecular formula is C24H19FN2O5S. The van der Waals surface area contributed by atoms with Gasteiger partial charge in [0.25, 0.3) is 0 Å². The van der Waals surface area contributed by atoms with E-state index in [0.717, 1.165) is 23.3 Å². The highest BCUT2D eigenvalue weighted by Crippen LogP contribution is 2.35. The van der Waals surface area contributed by atoms with Gasteiger partial charge in [0, 0.05) is 12.1 Å². The predicted molar refractivity (Wildman–Crippen MR) is 118 cm³/mol. The number of nitrogens with zero attached hydrogens (tertiary/aromatic N) is 1. The lowest BCUT2D eigenvalue weighted by molar-refractivity contribution is 0.174. The first-order chi connectivity index (χ1) is 15.9. The number of hydrogen-bond acceptors (Lipinski definition) is 7. The first-order valence-electron chi connectivity index (χ1n) is 10.1. The molecule has 0 unspecified atom stereocenters. The Morgan fingerprint density at radius 3 is 2.58 bits per heavy atom. The van der Waals surface area contributed by atoms with E-state index in [1.54, 1.807) is 18.2 Å². The lowest BCUT2D eigenvalue weighted by Gasteiger charge is -2.07. The van der Waals surface area contributed by atoms with E-state index in [1.165, 1.54) is 12.1 Å². The van der Waals surface area contributed by atoms with Crippen molar-refractivity contribution in [2.75, 3.05) is 12.1 Å². The van der Waals surface area contributed by atoms with Crippen LogP contribution in [0.5, 0.6) is 11.5 Å². The first kappa shape index (κ1) is 21.0. The van der Waals surface area contributed by atoms with Crippen LogP contribution >= 0.6 is 0 Å². The number of anilines is 1. The van der Waals surface area contributed by atoms with Crippen LogP contribution in [0.4, 0.5) is 10.3 Å². The van der Waals surface area contributed by atoms with Gasteiger partial charge in [0.15, 0.2) is 11.5 Å². The Bertz CT molecular complexity index is 1430. The quantitative estimate of drug-likeness (QED) is 0.402. The molecule has 2 heterocycles. The molecule has 9 heteroatoms. The minimum Gasteiger partial charge on any atom is -0.454 e. The molecule has 0 amide bonds. The van der Waals surface area contributed by atoms with Gasteiger partial charge in [-0.3, -0.25) is 0 Å². The van der Waals surface area contributed by atoms with Crippen molar-refractivity contribution in [3.63, 3.8) is 0 Å². The van der Waals surface area contributed by atoms with Gasteiger partial charge in [0.05, 0.1) is 4.90 Å². The van der Waals surface area contributed by atoms with Gasteiger partial charge in [-0.2, -0.15) is 4.98 Å². The number of benzene rings is 3. The second kappa shape index (κ2) is 8.25. The molecule has 5 rings (SSSR count). The van der Waals surface area contributed by atoms with Gasteiger partial charge in [0.1, 0.15) is 5.82 Å². The number of nitrogens with one attached hydrogen (secondary N) is 1. The fraction of sp³-hybridized carbons (Fsp3) is 0.125. The number of halogens is 1. The number of ether oxygens (including phenoxy) is 2. The maximum atomic E-state index is 13.4. The third-order valence-corrected chi connectivity index (χ3v) is 6.81. The summed E-state index contributed by atoms with van der Waals surface area (Å²) in [4.78, 5) is 4.22. The van der Waals surface area contributed by atoms with Crippen LogP contribution in [0.1, 0.15) is 11.1 Å². The van der Waals surface area contributed by atoms with Crippen LogP contribution in [0.2, 0.25) is 0 Å². The maximum absolute atomic E-state index is 13.4. The van der Waals surface area contributed by atoms with Gasteiger partial charge in [-0.1, -0.05) is 23.8 Å². The number of aromatic nitrogens is 1. The predicted octanol–water partition coefficient (Wildman–Crippen LogP) is 4.96. The zero-order valence-corrected chi connectivity index (χ0v) is 18.4. The Morgan fingerprint density at radius 1 is 1.00 bits per heavy atom. The average Bonchev–Trinajstić information content (AvgIpc) is 3.45. The van der Waals surface area contributed by atoms with Gasteiger partial charge in [-0.15, -0.1) is 0 Å². The van der Waals surface area contributed by atoms with Crippen LogP contribution in [-0.4, -0.2) is 20.2 Å². The van der Waals surface area contributed by atoms with Gasteiger partial charge < -0.3 is 19.2 Å². The molecular weight excluding hydrogens is 447 g/mol. The lowest BCUT2D eigenvalue weighted by Crippen LogP contribution is -2.07. The normalized spacial score (nSPS) is 12.7. The summed E-state index contributed by atoms with van der Waals surface area (Å²) in [5, 5.41) is 2.76. The molecule has 0 spiro atoms. The van der Waals surface area contributed by atoms with Crippen LogP contribution in [0, 0.1) is 12.7 Å². The van der Waals surface area contributed by atoms with E-state index in [-0.39, 0.29) is 35.0 Å². The van der Waals surface area contributed by atoms with Crippen molar-refractivity contribution in [3.8, 4) is 23.0 Å². The summed E-state index contributed by atoms with van der Waals surface area (Å²) in [5.74, 6) is 0.892. The number of aryl methyl sites for hydroxylation is 1. The standard InChI is InChI=1S/C24H19FN2O5S/c1-15-3-2-4-17(11-15)22-27-24(33(28,29)19-8-6-18(25)7-9-19)23(32-22)26-13-16-5-10-20-21(12-16)31-14-30-20/h2-12,26H,13-14H2,1H3. The molecule has 168 valence electrons. The number of oxazole rings is 1. The molecule has 7 nitrogen and oxygen atoms in total.